The smallest absolute Gasteiger partial charge is 0.193 e. The van der Waals surface area contributed by atoms with E-state index in [4.69, 9.17) is 4.74 Å². The van der Waals surface area contributed by atoms with Crippen LogP contribution in [0.2, 0.25) is 0 Å². The number of nitrogens with one attached hydrogen (secondary N) is 1. The molecule has 1 saturated heterocycles. The van der Waals surface area contributed by atoms with Gasteiger partial charge in [0.1, 0.15) is 5.75 Å². The van der Waals surface area contributed by atoms with Crippen LogP contribution in [0.1, 0.15) is 26.7 Å². The van der Waals surface area contributed by atoms with Crippen molar-refractivity contribution in [3.05, 3.63) is 24.3 Å². The zero-order valence-corrected chi connectivity index (χ0v) is 17.6. The molecule has 0 saturated carbocycles. The number of nitrogens with zero attached hydrogens (tertiary/aromatic N) is 4. The van der Waals surface area contributed by atoms with Crippen molar-refractivity contribution in [2.45, 2.75) is 26.7 Å². The van der Waals surface area contributed by atoms with Crippen LogP contribution in [-0.2, 0) is 0 Å². The van der Waals surface area contributed by atoms with E-state index in [9.17, 15) is 0 Å². The fraction of sp³-hybridized carbons (Fsp3) is 0.667. The van der Waals surface area contributed by atoms with Gasteiger partial charge in [0.05, 0.1) is 7.11 Å². The topological polar surface area (TPSA) is 43.3 Å². The van der Waals surface area contributed by atoms with Gasteiger partial charge in [-0.3, -0.25) is 4.99 Å². The van der Waals surface area contributed by atoms with Crippen molar-refractivity contribution in [1.82, 2.24) is 15.1 Å². The van der Waals surface area contributed by atoms with Gasteiger partial charge in [0.25, 0.3) is 0 Å². The molecule has 0 unspecified atom stereocenters. The molecule has 0 spiro atoms. The van der Waals surface area contributed by atoms with Gasteiger partial charge in [-0.15, -0.1) is 0 Å². The van der Waals surface area contributed by atoms with Crippen molar-refractivity contribution in [2.24, 2.45) is 4.99 Å². The Bertz CT molecular complexity index is 565. The number of hydrogen-bond acceptors (Lipinski definition) is 4. The molecule has 1 aromatic carbocycles. The number of hydrogen-bond donors (Lipinski definition) is 1. The summed E-state index contributed by atoms with van der Waals surface area (Å²) in [4.78, 5) is 11.7. The molecule has 1 aliphatic heterocycles. The Morgan fingerprint density at radius 1 is 1.15 bits per heavy atom. The lowest BCUT2D eigenvalue weighted by atomic mass is 10.2. The summed E-state index contributed by atoms with van der Waals surface area (Å²) in [5.74, 6) is 1.94. The maximum Gasteiger partial charge on any atom is 0.193 e. The van der Waals surface area contributed by atoms with Crippen molar-refractivity contribution < 1.29 is 4.74 Å². The van der Waals surface area contributed by atoms with Crippen molar-refractivity contribution in [1.29, 1.82) is 0 Å². The first-order chi connectivity index (χ1) is 13.2. The second-order valence-corrected chi connectivity index (χ2v) is 6.88. The monoisotopic (exact) mass is 375 g/mol. The van der Waals surface area contributed by atoms with Gasteiger partial charge in [-0.1, -0.05) is 19.9 Å². The largest absolute Gasteiger partial charge is 0.497 e. The number of rotatable bonds is 9. The highest BCUT2D eigenvalue weighted by Crippen LogP contribution is 2.22. The van der Waals surface area contributed by atoms with Gasteiger partial charge in [-0.25, -0.2) is 0 Å². The van der Waals surface area contributed by atoms with E-state index in [-0.39, 0.29) is 0 Å². The van der Waals surface area contributed by atoms with E-state index in [1.807, 2.05) is 13.1 Å². The summed E-state index contributed by atoms with van der Waals surface area (Å²) in [5.41, 5.74) is 1.23. The SMILES string of the molecule is CCN(CC)CCCCNC(=NC)N1CCN(c2cccc(OC)c2)CC1. The van der Waals surface area contributed by atoms with Gasteiger partial charge in [-0.05, 0) is 44.6 Å². The number of benzene rings is 1. The second kappa shape index (κ2) is 11.7. The molecule has 1 N–H and O–H groups in total. The van der Waals surface area contributed by atoms with Crippen LogP contribution in [0, 0.1) is 0 Å². The number of piperazine rings is 1. The summed E-state index contributed by atoms with van der Waals surface area (Å²) in [6, 6.07) is 8.31. The van der Waals surface area contributed by atoms with E-state index >= 15 is 0 Å². The number of methoxy groups -OCH3 is 1. The predicted molar refractivity (Wildman–Crippen MR) is 115 cm³/mol. The second-order valence-electron chi connectivity index (χ2n) is 6.88. The summed E-state index contributed by atoms with van der Waals surface area (Å²) < 4.78 is 5.35. The van der Waals surface area contributed by atoms with Crippen LogP contribution in [0.25, 0.3) is 0 Å². The van der Waals surface area contributed by atoms with Crippen molar-refractivity contribution in [3.63, 3.8) is 0 Å². The zero-order chi connectivity index (χ0) is 19.5. The van der Waals surface area contributed by atoms with E-state index in [0.29, 0.717) is 0 Å². The van der Waals surface area contributed by atoms with Gasteiger partial charge in [-0.2, -0.15) is 0 Å². The number of guanidine groups is 1. The van der Waals surface area contributed by atoms with Gasteiger partial charge >= 0.3 is 0 Å². The van der Waals surface area contributed by atoms with Gasteiger partial charge in [0, 0.05) is 51.5 Å². The van der Waals surface area contributed by atoms with Crippen LogP contribution in [0.15, 0.2) is 29.3 Å². The summed E-state index contributed by atoms with van der Waals surface area (Å²) in [5, 5.41) is 3.54. The van der Waals surface area contributed by atoms with Crippen molar-refractivity contribution in [2.75, 3.05) is 71.4 Å². The van der Waals surface area contributed by atoms with E-state index in [2.05, 4.69) is 57.1 Å². The third kappa shape index (κ3) is 6.61. The number of unbranched alkanes of at least 4 members (excludes halogenated alkanes) is 1. The van der Waals surface area contributed by atoms with E-state index in [0.717, 1.165) is 57.5 Å². The van der Waals surface area contributed by atoms with Crippen molar-refractivity contribution >= 4 is 11.6 Å². The Kier molecular flexibility index (Phi) is 9.25. The standard InChI is InChI=1S/C21H37N5O/c1-5-24(6-2)13-8-7-12-23-21(22-3)26-16-14-25(15-17-26)19-10-9-11-20(18-19)27-4/h9-11,18H,5-8,12-17H2,1-4H3,(H,22,23). The molecule has 2 rings (SSSR count). The molecule has 1 aromatic rings. The molecular weight excluding hydrogens is 338 g/mol. The van der Waals surface area contributed by atoms with Crippen LogP contribution in [0.3, 0.4) is 0 Å². The average Bonchev–Trinajstić information content (AvgIpc) is 2.74. The molecule has 152 valence electrons. The fourth-order valence-corrected chi connectivity index (χ4v) is 3.52. The average molecular weight is 376 g/mol. The lowest BCUT2D eigenvalue weighted by molar-refractivity contribution is 0.296. The molecule has 1 aliphatic rings. The molecular formula is C21H37N5O. The van der Waals surface area contributed by atoms with Crippen LogP contribution >= 0.6 is 0 Å². The molecule has 27 heavy (non-hydrogen) atoms. The minimum atomic E-state index is 0.914. The highest BCUT2D eigenvalue weighted by molar-refractivity contribution is 5.80. The number of ether oxygens (including phenoxy) is 1. The maximum atomic E-state index is 5.35. The molecule has 0 bridgehead atoms. The van der Waals surface area contributed by atoms with Crippen LogP contribution in [0.5, 0.6) is 5.75 Å². The third-order valence-electron chi connectivity index (χ3n) is 5.29. The molecule has 0 atom stereocenters. The molecule has 0 radical (unpaired) electrons. The number of anilines is 1. The van der Waals surface area contributed by atoms with E-state index < -0.39 is 0 Å². The van der Waals surface area contributed by atoms with E-state index in [1.54, 1.807) is 7.11 Å². The third-order valence-corrected chi connectivity index (χ3v) is 5.29. The first-order valence-corrected chi connectivity index (χ1v) is 10.3. The molecule has 1 heterocycles. The Morgan fingerprint density at radius 3 is 2.52 bits per heavy atom. The van der Waals surface area contributed by atoms with Crippen LogP contribution < -0.4 is 15.0 Å². The van der Waals surface area contributed by atoms with Crippen molar-refractivity contribution in [3.8, 4) is 5.75 Å². The normalized spacial score (nSPS) is 15.4. The Hall–Kier alpha value is -1.95. The van der Waals surface area contributed by atoms with Gasteiger partial charge < -0.3 is 24.8 Å². The Balaban J connectivity index is 1.73. The molecule has 0 aliphatic carbocycles. The molecule has 6 heteroatoms. The predicted octanol–water partition coefficient (Wildman–Crippen LogP) is 2.51. The van der Waals surface area contributed by atoms with Gasteiger partial charge in [0.15, 0.2) is 5.96 Å². The molecule has 1 fully saturated rings. The minimum absolute atomic E-state index is 0.914. The zero-order valence-electron chi connectivity index (χ0n) is 17.6. The summed E-state index contributed by atoms with van der Waals surface area (Å²) in [6.07, 6.45) is 2.41. The first-order valence-electron chi connectivity index (χ1n) is 10.3. The summed E-state index contributed by atoms with van der Waals surface area (Å²) in [6.45, 7) is 12.9. The van der Waals surface area contributed by atoms with Gasteiger partial charge in [0.2, 0.25) is 0 Å². The molecule has 0 amide bonds. The van der Waals surface area contributed by atoms with Crippen LogP contribution in [-0.4, -0.2) is 82.3 Å². The van der Waals surface area contributed by atoms with E-state index in [1.165, 1.54) is 25.1 Å². The Labute approximate surface area is 165 Å². The summed E-state index contributed by atoms with van der Waals surface area (Å²) >= 11 is 0. The quantitative estimate of drug-likeness (QED) is 0.408. The maximum absolute atomic E-state index is 5.35. The summed E-state index contributed by atoms with van der Waals surface area (Å²) in [7, 11) is 3.60. The highest BCUT2D eigenvalue weighted by Gasteiger charge is 2.19. The minimum Gasteiger partial charge on any atom is -0.497 e. The Morgan fingerprint density at radius 2 is 1.89 bits per heavy atom. The number of aliphatic imine (C=N–C) groups is 1. The molecule has 6 nitrogen and oxygen atoms in total. The molecule has 0 aromatic heterocycles. The van der Waals surface area contributed by atoms with Crippen LogP contribution in [0.4, 0.5) is 5.69 Å². The highest BCUT2D eigenvalue weighted by atomic mass is 16.5. The lowest BCUT2D eigenvalue weighted by Crippen LogP contribution is -2.52. The fourth-order valence-electron chi connectivity index (χ4n) is 3.52. The lowest BCUT2D eigenvalue weighted by Gasteiger charge is -2.37. The first kappa shape index (κ1) is 21.4.